The monoisotopic (exact) mass is 229 g/mol. The van der Waals surface area contributed by atoms with Crippen LogP contribution in [0.25, 0.3) is 0 Å². The molecule has 0 aliphatic carbocycles. The highest BCUT2D eigenvalue weighted by Crippen LogP contribution is 2.19. The average Bonchev–Trinajstić information content (AvgIpc) is 2.15. The van der Waals surface area contributed by atoms with Gasteiger partial charge in [0.15, 0.2) is 0 Å². The van der Waals surface area contributed by atoms with Gasteiger partial charge in [0.2, 0.25) is 11.8 Å². The molecule has 0 atom stereocenters. The van der Waals surface area contributed by atoms with Crippen LogP contribution in [0, 0.1) is 5.92 Å². The second-order valence-electron chi connectivity index (χ2n) is 4.00. The predicted molar refractivity (Wildman–Crippen MR) is 62.7 cm³/mol. The molecule has 1 fully saturated rings. The van der Waals surface area contributed by atoms with E-state index < -0.39 is 0 Å². The number of nitrogens with zero attached hydrogens (tertiary/aromatic N) is 1. The van der Waals surface area contributed by atoms with E-state index in [-0.39, 0.29) is 17.7 Å². The number of likely N-dealkylation sites (tertiary alicyclic amines) is 1. The highest BCUT2D eigenvalue weighted by atomic mass is 32.2. The molecule has 1 rings (SSSR count). The zero-order chi connectivity index (χ0) is 11.3. The van der Waals surface area contributed by atoms with Crippen LogP contribution in [0.15, 0.2) is 0 Å². The van der Waals surface area contributed by atoms with E-state index in [9.17, 15) is 9.59 Å². The third kappa shape index (κ3) is 3.86. The standard InChI is InChI=1S/C11H19NO2S/c1-3-15-6-4-5-12-10(13)7-9(2)8-11(12)14/h9H,3-8H2,1-2H3. The fraction of sp³-hybridized carbons (Fsp3) is 0.818. The van der Waals surface area contributed by atoms with Crippen molar-refractivity contribution in [2.24, 2.45) is 5.92 Å². The Balaban J connectivity index is 2.33. The Hall–Kier alpha value is -0.510. The number of piperidine rings is 1. The van der Waals surface area contributed by atoms with Crippen molar-refractivity contribution in [2.75, 3.05) is 18.1 Å². The van der Waals surface area contributed by atoms with Crippen LogP contribution in [-0.4, -0.2) is 34.8 Å². The van der Waals surface area contributed by atoms with E-state index in [0.717, 1.165) is 17.9 Å². The molecule has 2 amide bonds. The molecule has 15 heavy (non-hydrogen) atoms. The molecule has 0 spiro atoms. The van der Waals surface area contributed by atoms with Gasteiger partial charge in [0.1, 0.15) is 0 Å². The first-order valence-corrected chi connectivity index (χ1v) is 6.71. The molecule has 3 nitrogen and oxygen atoms in total. The summed E-state index contributed by atoms with van der Waals surface area (Å²) in [6.07, 6.45) is 1.99. The lowest BCUT2D eigenvalue weighted by atomic mass is 9.98. The molecule has 0 unspecified atom stereocenters. The smallest absolute Gasteiger partial charge is 0.229 e. The van der Waals surface area contributed by atoms with Crippen LogP contribution in [0.4, 0.5) is 0 Å². The van der Waals surface area contributed by atoms with E-state index in [1.54, 1.807) is 0 Å². The molecule has 86 valence electrons. The van der Waals surface area contributed by atoms with Gasteiger partial charge in [-0.05, 0) is 23.8 Å². The lowest BCUT2D eigenvalue weighted by Gasteiger charge is -2.28. The number of rotatable bonds is 5. The van der Waals surface area contributed by atoms with E-state index in [2.05, 4.69) is 6.92 Å². The van der Waals surface area contributed by atoms with Gasteiger partial charge in [-0.3, -0.25) is 14.5 Å². The van der Waals surface area contributed by atoms with Gasteiger partial charge < -0.3 is 0 Å². The number of imide groups is 1. The summed E-state index contributed by atoms with van der Waals surface area (Å²) in [7, 11) is 0. The van der Waals surface area contributed by atoms with Crippen molar-refractivity contribution >= 4 is 23.6 Å². The van der Waals surface area contributed by atoms with Gasteiger partial charge in [-0.25, -0.2) is 0 Å². The van der Waals surface area contributed by atoms with Crippen LogP contribution in [0.3, 0.4) is 0 Å². The summed E-state index contributed by atoms with van der Waals surface area (Å²) in [6, 6.07) is 0. The Morgan fingerprint density at radius 3 is 2.47 bits per heavy atom. The minimum Gasteiger partial charge on any atom is -0.283 e. The zero-order valence-corrected chi connectivity index (χ0v) is 10.3. The van der Waals surface area contributed by atoms with E-state index in [1.165, 1.54) is 4.90 Å². The third-order valence-electron chi connectivity index (χ3n) is 2.52. The van der Waals surface area contributed by atoms with Crippen LogP contribution in [0.2, 0.25) is 0 Å². The van der Waals surface area contributed by atoms with Crippen molar-refractivity contribution in [1.29, 1.82) is 0 Å². The summed E-state index contributed by atoms with van der Waals surface area (Å²) >= 11 is 1.85. The zero-order valence-electron chi connectivity index (χ0n) is 9.49. The van der Waals surface area contributed by atoms with Crippen LogP contribution in [0.1, 0.15) is 33.1 Å². The van der Waals surface area contributed by atoms with Gasteiger partial charge in [0, 0.05) is 19.4 Å². The number of hydrogen-bond acceptors (Lipinski definition) is 3. The molecule has 1 aliphatic heterocycles. The summed E-state index contributed by atoms with van der Waals surface area (Å²) in [5.41, 5.74) is 0. The quantitative estimate of drug-likeness (QED) is 0.534. The largest absolute Gasteiger partial charge is 0.283 e. The van der Waals surface area contributed by atoms with Gasteiger partial charge in [-0.15, -0.1) is 0 Å². The predicted octanol–water partition coefficient (Wildman–Crippen LogP) is 1.91. The molecule has 0 saturated carbocycles. The highest BCUT2D eigenvalue weighted by molar-refractivity contribution is 7.99. The molecule has 0 aromatic heterocycles. The Labute approximate surface area is 95.6 Å². The van der Waals surface area contributed by atoms with Crippen molar-refractivity contribution in [3.05, 3.63) is 0 Å². The molecular formula is C11H19NO2S. The van der Waals surface area contributed by atoms with Crippen LogP contribution >= 0.6 is 11.8 Å². The highest BCUT2D eigenvalue weighted by Gasteiger charge is 2.29. The fourth-order valence-electron chi connectivity index (χ4n) is 1.75. The minimum absolute atomic E-state index is 0.0141. The van der Waals surface area contributed by atoms with E-state index in [1.807, 2.05) is 18.7 Å². The Kier molecular flexibility index (Phi) is 5.15. The number of carbonyl (C=O) groups excluding carboxylic acids is 2. The van der Waals surface area contributed by atoms with E-state index >= 15 is 0 Å². The Bertz CT molecular complexity index is 225. The average molecular weight is 229 g/mol. The van der Waals surface area contributed by atoms with Gasteiger partial charge in [0.05, 0.1) is 0 Å². The maximum absolute atomic E-state index is 11.6. The number of hydrogen-bond donors (Lipinski definition) is 0. The summed E-state index contributed by atoms with van der Waals surface area (Å²) in [4.78, 5) is 24.6. The van der Waals surface area contributed by atoms with Crippen molar-refractivity contribution in [1.82, 2.24) is 4.90 Å². The molecule has 1 heterocycles. The van der Waals surface area contributed by atoms with Crippen LogP contribution in [0.5, 0.6) is 0 Å². The molecule has 0 aromatic rings. The Morgan fingerprint density at radius 2 is 1.93 bits per heavy atom. The summed E-state index contributed by atoms with van der Waals surface area (Å²) < 4.78 is 0. The van der Waals surface area contributed by atoms with Gasteiger partial charge in [-0.2, -0.15) is 11.8 Å². The van der Waals surface area contributed by atoms with Crippen LogP contribution < -0.4 is 0 Å². The Morgan fingerprint density at radius 1 is 1.33 bits per heavy atom. The molecule has 0 aromatic carbocycles. The number of amides is 2. The summed E-state index contributed by atoms with van der Waals surface area (Å²) in [5, 5.41) is 0. The van der Waals surface area contributed by atoms with Gasteiger partial charge >= 0.3 is 0 Å². The first-order chi connectivity index (χ1) is 7.15. The maximum atomic E-state index is 11.6. The summed E-state index contributed by atoms with van der Waals surface area (Å²) in [5.74, 6) is 2.38. The maximum Gasteiger partial charge on any atom is 0.229 e. The molecule has 0 bridgehead atoms. The SMILES string of the molecule is CCSCCCN1C(=O)CC(C)CC1=O. The topological polar surface area (TPSA) is 37.4 Å². The second kappa shape index (κ2) is 6.16. The number of thioether (sulfide) groups is 1. The normalized spacial score (nSPS) is 18.7. The van der Waals surface area contributed by atoms with Crippen LogP contribution in [-0.2, 0) is 9.59 Å². The first-order valence-electron chi connectivity index (χ1n) is 5.56. The number of carbonyl (C=O) groups is 2. The lowest BCUT2D eigenvalue weighted by Crippen LogP contribution is -2.43. The van der Waals surface area contributed by atoms with Gasteiger partial charge in [0.25, 0.3) is 0 Å². The van der Waals surface area contributed by atoms with Gasteiger partial charge in [-0.1, -0.05) is 13.8 Å². The van der Waals surface area contributed by atoms with Crippen molar-refractivity contribution in [3.63, 3.8) is 0 Å². The summed E-state index contributed by atoms with van der Waals surface area (Å²) in [6.45, 7) is 4.68. The van der Waals surface area contributed by atoms with E-state index in [4.69, 9.17) is 0 Å². The van der Waals surface area contributed by atoms with Crippen molar-refractivity contribution in [3.8, 4) is 0 Å². The molecule has 0 N–H and O–H groups in total. The van der Waals surface area contributed by atoms with Crippen molar-refractivity contribution in [2.45, 2.75) is 33.1 Å². The van der Waals surface area contributed by atoms with Crippen molar-refractivity contribution < 1.29 is 9.59 Å². The fourth-order valence-corrected chi connectivity index (χ4v) is 2.37. The minimum atomic E-state index is 0.0141. The molecule has 0 radical (unpaired) electrons. The first kappa shape index (κ1) is 12.6. The second-order valence-corrected chi connectivity index (χ2v) is 5.40. The lowest BCUT2D eigenvalue weighted by molar-refractivity contribution is -0.149. The molecule has 4 heteroatoms. The third-order valence-corrected chi connectivity index (χ3v) is 3.51. The molecule has 1 aliphatic rings. The molecular weight excluding hydrogens is 210 g/mol. The molecule has 1 saturated heterocycles. The van der Waals surface area contributed by atoms with E-state index in [0.29, 0.717) is 19.4 Å².